The summed E-state index contributed by atoms with van der Waals surface area (Å²) < 4.78 is 8.90. The molecule has 0 saturated carbocycles. The van der Waals surface area contributed by atoms with E-state index < -0.39 is 18.3 Å². The van der Waals surface area contributed by atoms with Gasteiger partial charge >= 0.3 is 305 Å². The molecule has 0 aromatic heterocycles. The second-order valence-corrected chi connectivity index (χ2v) is 33.6. The molecule has 2 heteroatoms. The maximum atomic E-state index is 6.67. The second kappa shape index (κ2) is 11.7. The van der Waals surface area contributed by atoms with Crippen LogP contribution in [0.2, 0.25) is 8.65 Å². The minimum atomic E-state index is -4.92. The summed E-state index contributed by atoms with van der Waals surface area (Å²) in [6, 6.07) is 30.7. The zero-order valence-electron chi connectivity index (χ0n) is 32.1. The Kier molecular flexibility index (Phi) is 8.66. The van der Waals surface area contributed by atoms with E-state index in [4.69, 9.17) is 15.8 Å². The molecule has 0 atom stereocenters. The number of allylic oxidation sites excluding steroid dienone is 4. The maximum absolute atomic E-state index is 6.67. The van der Waals surface area contributed by atoms with E-state index in [1.165, 1.54) is 51.1 Å². The summed E-state index contributed by atoms with van der Waals surface area (Å²) in [6.45, 7) is 28.5. The third-order valence-electron chi connectivity index (χ3n) is 11.7. The molecule has 0 radical (unpaired) electrons. The molecular formula is C47H57ClZr. The Balaban J connectivity index is 1.91. The Morgan fingerprint density at radius 3 is 1.27 bits per heavy atom. The van der Waals surface area contributed by atoms with Gasteiger partial charge in [0.2, 0.25) is 0 Å². The summed E-state index contributed by atoms with van der Waals surface area (Å²) in [4.78, 5) is 0. The molecule has 0 nitrogen and oxygen atoms in total. The molecule has 0 unspecified atom stereocenters. The predicted octanol–water partition coefficient (Wildman–Crippen LogP) is 12.3. The van der Waals surface area contributed by atoms with Crippen molar-refractivity contribution in [2.75, 3.05) is 0 Å². The molecule has 4 aromatic rings. The van der Waals surface area contributed by atoms with E-state index >= 15 is 0 Å². The van der Waals surface area contributed by atoms with Crippen LogP contribution in [-0.2, 0) is 40.0 Å². The first-order chi connectivity index (χ1) is 22.6. The van der Waals surface area contributed by atoms with Crippen molar-refractivity contribution in [2.45, 2.75) is 112 Å². The van der Waals surface area contributed by atoms with Crippen LogP contribution in [0.25, 0.3) is 11.1 Å². The van der Waals surface area contributed by atoms with E-state index in [9.17, 15) is 0 Å². The normalized spacial score (nSPS) is 16.0. The van der Waals surface area contributed by atoms with Crippen LogP contribution >= 0.6 is 11.6 Å². The van der Waals surface area contributed by atoms with Crippen LogP contribution in [0, 0.1) is 0 Å². The van der Waals surface area contributed by atoms with Crippen molar-refractivity contribution in [2.24, 2.45) is 0 Å². The van der Waals surface area contributed by atoms with Crippen LogP contribution in [0.5, 0.6) is 0 Å². The molecule has 4 aromatic carbocycles. The zero-order valence-corrected chi connectivity index (χ0v) is 35.3. The Hall–Kier alpha value is -2.60. The van der Waals surface area contributed by atoms with Crippen molar-refractivity contribution in [1.82, 2.24) is 0 Å². The van der Waals surface area contributed by atoms with E-state index in [0.717, 1.165) is 5.02 Å². The Morgan fingerprint density at radius 2 is 0.878 bits per heavy atom. The molecule has 2 aliphatic carbocycles. The van der Waals surface area contributed by atoms with Gasteiger partial charge in [-0.25, -0.2) is 0 Å². The number of fused-ring (bicyclic) bond motifs is 3. The number of benzene rings is 4. The number of hydrogen-bond donors (Lipinski definition) is 0. The monoisotopic (exact) mass is 746 g/mol. The van der Waals surface area contributed by atoms with Gasteiger partial charge in [-0.2, -0.15) is 0 Å². The van der Waals surface area contributed by atoms with E-state index in [-0.39, 0.29) is 28.9 Å². The van der Waals surface area contributed by atoms with Gasteiger partial charge in [0.05, 0.1) is 0 Å². The van der Waals surface area contributed by atoms with Crippen LogP contribution in [0.3, 0.4) is 0 Å². The van der Waals surface area contributed by atoms with Crippen LogP contribution in [0.1, 0.15) is 120 Å². The summed E-state index contributed by atoms with van der Waals surface area (Å²) >= 11 is 1.75. The number of halogens is 1. The van der Waals surface area contributed by atoms with Crippen LogP contribution in [-0.4, -0.2) is 4.21 Å². The predicted molar refractivity (Wildman–Crippen MR) is 215 cm³/mol. The molecule has 0 aliphatic heterocycles. The molecule has 256 valence electrons. The zero-order chi connectivity index (χ0) is 36.0. The molecule has 0 bridgehead atoms. The standard InChI is InChI=1S/C29H41.C6H4Cl.C6H5.C5H5.CH2.Zr/c1-26(2,3)22-14-18-13-19-15-23(27(4,5)6)25(29(10,11)12)17-21(19)20(18)16-24(22)28(7,8)9;7-6-4-2-1-3-5-6;1-2-4-6-5-3-1;1-2-4-5-3-1;;/h13-17H,1-12H3;2-5H;1-5H;1-5H;1H2;. The van der Waals surface area contributed by atoms with E-state index in [1.54, 1.807) is 0 Å². The Labute approximate surface area is 303 Å². The fraction of sp³-hybridized carbons (Fsp3) is 0.383. The van der Waals surface area contributed by atoms with Crippen molar-refractivity contribution in [3.8, 4) is 11.1 Å². The second-order valence-electron chi connectivity index (χ2n) is 19.2. The van der Waals surface area contributed by atoms with E-state index in [2.05, 4.69) is 186 Å². The first kappa shape index (κ1) is 36.2. The topological polar surface area (TPSA) is 0 Å². The molecule has 49 heavy (non-hydrogen) atoms. The summed E-state index contributed by atoms with van der Waals surface area (Å²) in [5, 5.41) is 0.764. The third kappa shape index (κ3) is 5.71. The van der Waals surface area contributed by atoms with Gasteiger partial charge in [-0.3, -0.25) is 0 Å². The van der Waals surface area contributed by atoms with Crippen molar-refractivity contribution in [3.05, 3.63) is 142 Å². The summed E-state index contributed by atoms with van der Waals surface area (Å²) in [5.41, 5.74) is 11.4. The van der Waals surface area contributed by atoms with E-state index in [0.29, 0.717) is 0 Å². The van der Waals surface area contributed by atoms with Crippen molar-refractivity contribution < 1.29 is 18.3 Å². The Bertz CT molecular complexity index is 1950. The quantitative estimate of drug-likeness (QED) is 0.195. The van der Waals surface area contributed by atoms with Gasteiger partial charge in [-0.15, -0.1) is 0 Å². The Morgan fingerprint density at radius 1 is 0.510 bits per heavy atom. The third-order valence-corrected chi connectivity index (χ3v) is 29.7. The minimum absolute atomic E-state index is 0.0108. The van der Waals surface area contributed by atoms with Gasteiger partial charge in [0.25, 0.3) is 0 Å². The first-order valence-corrected chi connectivity index (χ1v) is 25.6. The molecule has 0 saturated heterocycles. The fourth-order valence-electron chi connectivity index (χ4n) is 9.16. The van der Waals surface area contributed by atoms with Crippen molar-refractivity contribution in [3.63, 3.8) is 0 Å². The number of rotatable bonds is 4. The average Bonchev–Trinajstić information content (AvgIpc) is 3.66. The van der Waals surface area contributed by atoms with Crippen LogP contribution < -0.4 is 6.54 Å². The van der Waals surface area contributed by atoms with Crippen LogP contribution in [0.4, 0.5) is 0 Å². The molecule has 0 fully saturated rings. The molecular weight excluding hydrogens is 691 g/mol. The molecule has 0 amide bonds. The molecule has 0 heterocycles. The molecule has 2 aliphatic rings. The van der Waals surface area contributed by atoms with Gasteiger partial charge in [0, 0.05) is 0 Å². The van der Waals surface area contributed by atoms with Gasteiger partial charge in [0.15, 0.2) is 0 Å². The summed E-state index contributed by atoms with van der Waals surface area (Å²) in [5.74, 6) is 0. The van der Waals surface area contributed by atoms with Gasteiger partial charge < -0.3 is 0 Å². The summed E-state index contributed by atoms with van der Waals surface area (Å²) in [6.07, 6.45) is 9.43. The molecule has 0 N–H and O–H groups in total. The first-order valence-electron chi connectivity index (χ1n) is 18.2. The van der Waals surface area contributed by atoms with Crippen molar-refractivity contribution >= 4 is 22.4 Å². The fourth-order valence-corrected chi connectivity index (χ4v) is 26.7. The van der Waals surface area contributed by atoms with Crippen LogP contribution in [0.15, 0.2) is 103 Å². The summed E-state index contributed by atoms with van der Waals surface area (Å²) in [7, 11) is 0. The average molecular weight is 749 g/mol. The van der Waals surface area contributed by atoms with Crippen molar-refractivity contribution in [1.29, 1.82) is 0 Å². The van der Waals surface area contributed by atoms with Gasteiger partial charge in [-0.1, -0.05) is 0 Å². The molecule has 6 rings (SSSR count). The van der Waals surface area contributed by atoms with Gasteiger partial charge in [-0.05, 0) is 0 Å². The van der Waals surface area contributed by atoms with Gasteiger partial charge in [0.1, 0.15) is 0 Å². The molecule has 0 spiro atoms. The SMILES string of the molecule is [CH2]=[Zr]([c]1ccccc1)([c]1ccc(Cl)cc1)([CH]1C=CC=C1)[CH]1c2cc(C(C)(C)C)c(C(C)(C)C)cc2-c2cc(C(C)(C)C)c(C(C)(C)C)cc21. The van der Waals surface area contributed by atoms with E-state index in [1.807, 2.05) is 0 Å². The number of hydrogen-bond acceptors (Lipinski definition) is 0.